The molecule has 17 heavy (non-hydrogen) atoms. The summed E-state index contributed by atoms with van der Waals surface area (Å²) in [6.07, 6.45) is 0.502. The van der Waals surface area contributed by atoms with E-state index in [9.17, 15) is 9.59 Å². The summed E-state index contributed by atoms with van der Waals surface area (Å²) in [6, 6.07) is 0. The average Bonchev–Trinajstić information content (AvgIpc) is 2.07. The first-order chi connectivity index (χ1) is 7.61. The van der Waals surface area contributed by atoms with E-state index in [2.05, 4.69) is 0 Å². The van der Waals surface area contributed by atoms with Crippen LogP contribution in [0.15, 0.2) is 0 Å². The second kappa shape index (κ2) is 4.64. The number of hydrogen-bond acceptors (Lipinski definition) is 3. The van der Waals surface area contributed by atoms with Crippen LogP contribution in [0.3, 0.4) is 0 Å². The van der Waals surface area contributed by atoms with Gasteiger partial charge in [0.1, 0.15) is 12.2 Å². The van der Waals surface area contributed by atoms with Crippen molar-refractivity contribution in [2.24, 2.45) is 5.41 Å². The van der Waals surface area contributed by atoms with Gasteiger partial charge in [0.25, 0.3) is 0 Å². The number of carbonyl (C=O) groups excluding carboxylic acids is 1. The molecule has 0 spiro atoms. The average molecular weight is 243 g/mol. The van der Waals surface area contributed by atoms with Crippen molar-refractivity contribution in [3.63, 3.8) is 0 Å². The number of likely N-dealkylation sites (tertiary alicyclic amines) is 1. The minimum atomic E-state index is -0.981. The molecule has 1 saturated heterocycles. The van der Waals surface area contributed by atoms with Crippen molar-refractivity contribution in [1.29, 1.82) is 0 Å². The Labute approximate surface area is 102 Å². The maximum atomic E-state index is 11.8. The largest absolute Gasteiger partial charge is 0.480 e. The monoisotopic (exact) mass is 243 g/mol. The molecule has 0 atom stereocenters. The summed E-state index contributed by atoms with van der Waals surface area (Å²) in [7, 11) is 0. The normalized spacial score (nSPS) is 18.7. The summed E-state index contributed by atoms with van der Waals surface area (Å²) in [6.45, 7) is 8.54. The number of amides is 1. The molecule has 1 N–H and O–H groups in total. The number of aliphatic carboxylic acids is 1. The first-order valence-corrected chi connectivity index (χ1v) is 5.75. The van der Waals surface area contributed by atoms with E-state index in [1.54, 1.807) is 4.90 Å². The number of hydrogen-bond donors (Lipinski definition) is 1. The molecule has 1 amide bonds. The lowest BCUT2D eigenvalue weighted by molar-refractivity contribution is -0.174. The van der Waals surface area contributed by atoms with Gasteiger partial charge in [0.05, 0.1) is 13.1 Å². The van der Waals surface area contributed by atoms with Gasteiger partial charge in [-0.1, -0.05) is 20.8 Å². The predicted octanol–water partition coefficient (Wildman–Crippen LogP) is 1.12. The Morgan fingerprint density at radius 1 is 1.35 bits per heavy atom. The van der Waals surface area contributed by atoms with E-state index < -0.39 is 11.6 Å². The van der Waals surface area contributed by atoms with Crippen molar-refractivity contribution in [2.45, 2.75) is 39.7 Å². The molecule has 0 aromatic rings. The number of carboxylic acid groups (broad SMARTS) is 1. The van der Waals surface area contributed by atoms with Crippen LogP contribution in [0.5, 0.6) is 0 Å². The zero-order valence-corrected chi connectivity index (χ0v) is 10.9. The number of carboxylic acids is 1. The van der Waals surface area contributed by atoms with Gasteiger partial charge in [-0.05, 0) is 12.3 Å². The molecule has 0 aliphatic carbocycles. The predicted molar refractivity (Wildman–Crippen MR) is 62.6 cm³/mol. The molecule has 0 bridgehead atoms. The third-order valence-electron chi connectivity index (χ3n) is 2.63. The van der Waals surface area contributed by atoms with E-state index >= 15 is 0 Å². The highest BCUT2D eigenvalue weighted by Gasteiger charge is 2.43. The van der Waals surface area contributed by atoms with Crippen LogP contribution in [-0.4, -0.2) is 47.2 Å². The van der Waals surface area contributed by atoms with E-state index in [0.717, 1.165) is 0 Å². The molecule has 1 fully saturated rings. The molecule has 1 aliphatic rings. The molecule has 98 valence electrons. The van der Waals surface area contributed by atoms with Crippen LogP contribution in [0.25, 0.3) is 0 Å². The van der Waals surface area contributed by atoms with Gasteiger partial charge in [0.2, 0.25) is 5.91 Å². The number of nitrogens with zero attached hydrogens (tertiary/aromatic N) is 1. The molecule has 0 aromatic carbocycles. The Bertz CT molecular complexity index is 313. The van der Waals surface area contributed by atoms with Gasteiger partial charge in [-0.3, -0.25) is 4.79 Å². The molecule has 0 aromatic heterocycles. The molecular weight excluding hydrogens is 222 g/mol. The number of rotatable bonds is 4. The van der Waals surface area contributed by atoms with Crippen LogP contribution < -0.4 is 0 Å². The van der Waals surface area contributed by atoms with Gasteiger partial charge >= 0.3 is 5.97 Å². The highest BCUT2D eigenvalue weighted by molar-refractivity contribution is 5.78. The highest BCUT2D eigenvalue weighted by Crippen LogP contribution is 2.28. The Kier molecular flexibility index (Phi) is 3.81. The summed E-state index contributed by atoms with van der Waals surface area (Å²) in [5.41, 5.74) is -0.517. The zero-order chi connectivity index (χ0) is 13.3. The minimum Gasteiger partial charge on any atom is -0.480 e. The third-order valence-corrected chi connectivity index (χ3v) is 2.63. The van der Waals surface area contributed by atoms with Gasteiger partial charge in [0.15, 0.2) is 0 Å². The van der Waals surface area contributed by atoms with Crippen LogP contribution >= 0.6 is 0 Å². The van der Waals surface area contributed by atoms with Crippen molar-refractivity contribution in [1.82, 2.24) is 4.90 Å². The molecule has 0 saturated carbocycles. The van der Waals surface area contributed by atoms with E-state index in [1.165, 1.54) is 0 Å². The van der Waals surface area contributed by atoms with Crippen molar-refractivity contribution in [3.05, 3.63) is 0 Å². The first kappa shape index (κ1) is 14.0. The van der Waals surface area contributed by atoms with Crippen molar-refractivity contribution < 1.29 is 19.4 Å². The highest BCUT2D eigenvalue weighted by atomic mass is 16.5. The van der Waals surface area contributed by atoms with Gasteiger partial charge in [-0.2, -0.15) is 0 Å². The lowest BCUT2D eigenvalue weighted by atomic mass is 9.89. The van der Waals surface area contributed by atoms with Gasteiger partial charge in [-0.15, -0.1) is 0 Å². The molecule has 0 unspecified atom stereocenters. The molecule has 1 rings (SSSR count). The molecule has 1 aliphatic heterocycles. The SMILES string of the molecule is CC(C)(C)CC(=O)N1CC(C)(OCC(=O)O)C1. The van der Waals surface area contributed by atoms with Gasteiger partial charge in [0, 0.05) is 6.42 Å². The Morgan fingerprint density at radius 2 is 1.88 bits per heavy atom. The van der Waals surface area contributed by atoms with E-state index in [1.807, 2.05) is 27.7 Å². The first-order valence-electron chi connectivity index (χ1n) is 5.75. The van der Waals surface area contributed by atoms with Crippen LogP contribution in [0, 0.1) is 5.41 Å². The molecule has 0 radical (unpaired) electrons. The second-order valence-electron chi connectivity index (χ2n) is 6.12. The topological polar surface area (TPSA) is 66.8 Å². The van der Waals surface area contributed by atoms with Crippen LogP contribution in [-0.2, 0) is 14.3 Å². The summed E-state index contributed by atoms with van der Waals surface area (Å²) < 4.78 is 5.24. The number of carbonyl (C=O) groups is 2. The van der Waals surface area contributed by atoms with Crippen LogP contribution in [0.4, 0.5) is 0 Å². The fourth-order valence-electron chi connectivity index (χ4n) is 1.83. The fourth-order valence-corrected chi connectivity index (χ4v) is 1.83. The van der Waals surface area contributed by atoms with Gasteiger partial charge in [-0.25, -0.2) is 4.79 Å². The quantitative estimate of drug-likeness (QED) is 0.803. The molecular formula is C12H21NO4. The van der Waals surface area contributed by atoms with Crippen LogP contribution in [0.2, 0.25) is 0 Å². The van der Waals surface area contributed by atoms with E-state index in [-0.39, 0.29) is 17.9 Å². The lowest BCUT2D eigenvalue weighted by Crippen LogP contribution is -2.63. The Balaban J connectivity index is 2.35. The van der Waals surface area contributed by atoms with Crippen molar-refractivity contribution in [2.75, 3.05) is 19.7 Å². The fraction of sp³-hybridized carbons (Fsp3) is 0.833. The van der Waals surface area contributed by atoms with E-state index in [4.69, 9.17) is 9.84 Å². The molecule has 5 nitrogen and oxygen atoms in total. The summed E-state index contributed by atoms with van der Waals surface area (Å²) in [5.74, 6) is -0.875. The standard InChI is InChI=1S/C12H21NO4/c1-11(2,3)5-9(14)13-7-12(4,8-13)17-6-10(15)16/h5-8H2,1-4H3,(H,15,16). The molecule has 1 heterocycles. The summed E-state index contributed by atoms with van der Waals surface area (Å²) >= 11 is 0. The van der Waals surface area contributed by atoms with E-state index in [0.29, 0.717) is 19.5 Å². The minimum absolute atomic E-state index is 0.0228. The third kappa shape index (κ3) is 4.34. The summed E-state index contributed by atoms with van der Waals surface area (Å²) in [4.78, 5) is 23.9. The van der Waals surface area contributed by atoms with Crippen molar-refractivity contribution >= 4 is 11.9 Å². The molecule has 5 heteroatoms. The van der Waals surface area contributed by atoms with Crippen LogP contribution in [0.1, 0.15) is 34.1 Å². The maximum Gasteiger partial charge on any atom is 0.329 e. The Hall–Kier alpha value is -1.10. The Morgan fingerprint density at radius 3 is 2.29 bits per heavy atom. The van der Waals surface area contributed by atoms with Crippen molar-refractivity contribution in [3.8, 4) is 0 Å². The zero-order valence-electron chi connectivity index (χ0n) is 10.9. The second-order valence-corrected chi connectivity index (χ2v) is 6.12. The maximum absolute atomic E-state index is 11.8. The lowest BCUT2D eigenvalue weighted by Gasteiger charge is -2.47. The van der Waals surface area contributed by atoms with Gasteiger partial charge < -0.3 is 14.7 Å². The smallest absolute Gasteiger partial charge is 0.329 e. The summed E-state index contributed by atoms with van der Waals surface area (Å²) in [5, 5.41) is 8.52. The number of ether oxygens (including phenoxy) is 1.